The molecule has 7 heteroatoms. The Kier molecular flexibility index (Phi) is 5.38. The number of carbonyl (C=O) groups is 2. The molecule has 14 heavy (non-hydrogen) atoms. The van der Waals surface area contributed by atoms with E-state index >= 15 is 0 Å². The smallest absolute Gasteiger partial charge is 0.316 e. The fraction of sp³-hybridized carbons (Fsp3) is 0.143. The van der Waals surface area contributed by atoms with E-state index in [-0.39, 0.29) is 10.7 Å². The van der Waals surface area contributed by atoms with Crippen LogP contribution in [-0.4, -0.2) is 22.9 Å². The number of nitrogens with two attached hydrogens (primary N) is 1. The third kappa shape index (κ3) is 6.06. The molecule has 0 rings (SSSR count). The second kappa shape index (κ2) is 6.03. The van der Waals surface area contributed by atoms with Crippen molar-refractivity contribution in [2.24, 2.45) is 5.73 Å². The zero-order chi connectivity index (χ0) is 11.1. The van der Waals surface area contributed by atoms with E-state index in [1.54, 1.807) is 0 Å². The third-order valence-electron chi connectivity index (χ3n) is 0.977. The van der Waals surface area contributed by atoms with Gasteiger partial charge in [-0.3, -0.25) is 4.79 Å². The summed E-state index contributed by atoms with van der Waals surface area (Å²) in [5.41, 5.74) is 4.67. The molecule has 0 saturated carbocycles. The van der Waals surface area contributed by atoms with Crippen LogP contribution in [-0.2, 0) is 4.79 Å². The first-order valence-electron chi connectivity index (χ1n) is 3.39. The van der Waals surface area contributed by atoms with Crippen molar-refractivity contribution in [3.05, 3.63) is 23.5 Å². The average molecular weight is 220 g/mol. The highest BCUT2D eigenvalue weighted by atomic mass is 32.2. The number of thioether (sulfide) groups is 1. The van der Waals surface area contributed by atoms with E-state index in [0.717, 1.165) is 6.20 Å². The molecule has 78 valence electrons. The van der Waals surface area contributed by atoms with Crippen LogP contribution in [0.3, 0.4) is 0 Å². The summed E-state index contributed by atoms with van der Waals surface area (Å²) >= 11 is 0.715. The van der Waals surface area contributed by atoms with Gasteiger partial charge in [-0.15, -0.1) is 11.8 Å². The lowest BCUT2D eigenvalue weighted by atomic mass is 10.5. The Morgan fingerprint density at radius 1 is 1.64 bits per heavy atom. The minimum absolute atomic E-state index is 0.0823. The molecule has 0 bridgehead atoms. The first-order valence-corrected chi connectivity index (χ1v) is 4.37. The van der Waals surface area contributed by atoms with Gasteiger partial charge in [0.25, 0.3) is 0 Å². The number of aliphatic carboxylic acids is 1. The summed E-state index contributed by atoms with van der Waals surface area (Å²) in [6, 6.07) is -0.906. The van der Waals surface area contributed by atoms with Crippen LogP contribution in [0.5, 0.6) is 0 Å². The van der Waals surface area contributed by atoms with E-state index in [4.69, 9.17) is 5.11 Å². The van der Waals surface area contributed by atoms with Crippen LogP contribution >= 0.6 is 11.8 Å². The number of primary amides is 1. The molecule has 0 saturated heterocycles. The molecule has 0 aliphatic carbocycles. The summed E-state index contributed by atoms with van der Waals surface area (Å²) in [6.07, 6.45) is 0.722. The van der Waals surface area contributed by atoms with Crippen LogP contribution in [0.2, 0.25) is 0 Å². The van der Waals surface area contributed by atoms with E-state index in [1.807, 2.05) is 5.32 Å². The van der Waals surface area contributed by atoms with Crippen molar-refractivity contribution < 1.29 is 19.1 Å². The van der Waals surface area contributed by atoms with E-state index in [2.05, 4.69) is 12.3 Å². The summed E-state index contributed by atoms with van der Waals surface area (Å²) in [5.74, 6) is -2.20. The number of halogens is 1. The number of allylic oxidation sites excluding steroid dienone is 1. The molecule has 0 radical (unpaired) electrons. The fourth-order valence-electron chi connectivity index (χ4n) is 0.433. The molecule has 0 aromatic heterocycles. The maximum Gasteiger partial charge on any atom is 0.316 e. The Morgan fingerprint density at radius 2 is 2.21 bits per heavy atom. The van der Waals surface area contributed by atoms with Gasteiger partial charge in [0.05, 0.1) is 5.75 Å². The molecule has 0 heterocycles. The fourth-order valence-corrected chi connectivity index (χ4v) is 0.927. The summed E-state index contributed by atoms with van der Waals surface area (Å²) in [7, 11) is 0. The van der Waals surface area contributed by atoms with Crippen molar-refractivity contribution in [1.82, 2.24) is 5.32 Å². The predicted octanol–water partition coefficient (Wildman–Crippen LogP) is 0.797. The maximum absolute atomic E-state index is 12.9. The van der Waals surface area contributed by atoms with Gasteiger partial charge >= 0.3 is 12.0 Å². The molecule has 5 nitrogen and oxygen atoms in total. The van der Waals surface area contributed by atoms with Gasteiger partial charge in [-0.05, 0) is 0 Å². The van der Waals surface area contributed by atoms with Gasteiger partial charge in [-0.1, -0.05) is 6.58 Å². The standard InChI is InChI=1S/C7H9FN2O3S/c1-4(14-3-6(11)12)5(8)2-10-7(9)13/h2H,1,3H2,(H,11,12)(H3,9,10,13)/b5-2+. The largest absolute Gasteiger partial charge is 0.481 e. The van der Waals surface area contributed by atoms with E-state index in [9.17, 15) is 14.0 Å². The van der Waals surface area contributed by atoms with E-state index in [1.165, 1.54) is 0 Å². The Morgan fingerprint density at radius 3 is 2.64 bits per heavy atom. The van der Waals surface area contributed by atoms with Gasteiger partial charge in [0.1, 0.15) is 0 Å². The summed E-state index contributed by atoms with van der Waals surface area (Å²) in [6.45, 7) is 3.27. The lowest BCUT2D eigenvalue weighted by Gasteiger charge is -2.00. The molecule has 0 spiro atoms. The molecule has 0 aromatic carbocycles. The first kappa shape index (κ1) is 12.5. The number of urea groups is 1. The topological polar surface area (TPSA) is 92.4 Å². The highest BCUT2D eigenvalue weighted by Crippen LogP contribution is 2.21. The van der Waals surface area contributed by atoms with Crippen molar-refractivity contribution in [3.63, 3.8) is 0 Å². The minimum Gasteiger partial charge on any atom is -0.481 e. The van der Waals surface area contributed by atoms with Gasteiger partial charge < -0.3 is 16.2 Å². The van der Waals surface area contributed by atoms with Gasteiger partial charge in [-0.25, -0.2) is 9.18 Å². The molecular weight excluding hydrogens is 211 g/mol. The second-order valence-electron chi connectivity index (χ2n) is 2.11. The number of carboxylic acid groups (broad SMARTS) is 1. The monoisotopic (exact) mass is 220 g/mol. The van der Waals surface area contributed by atoms with Crippen molar-refractivity contribution in [2.45, 2.75) is 0 Å². The van der Waals surface area contributed by atoms with Gasteiger partial charge in [0, 0.05) is 11.1 Å². The van der Waals surface area contributed by atoms with Crippen LogP contribution < -0.4 is 11.1 Å². The zero-order valence-electron chi connectivity index (χ0n) is 7.12. The number of carboxylic acids is 1. The Hall–Kier alpha value is -1.50. The van der Waals surface area contributed by atoms with Crippen LogP contribution in [0.25, 0.3) is 0 Å². The lowest BCUT2D eigenvalue weighted by molar-refractivity contribution is -0.133. The molecule has 0 unspecified atom stereocenters. The number of nitrogens with one attached hydrogen (secondary N) is 1. The number of rotatable bonds is 5. The SMILES string of the molecule is C=C(SCC(=O)O)/C(F)=C\NC(N)=O. The van der Waals surface area contributed by atoms with Crippen LogP contribution in [0, 0.1) is 0 Å². The van der Waals surface area contributed by atoms with E-state index in [0.29, 0.717) is 11.8 Å². The average Bonchev–Trinajstić information content (AvgIpc) is 2.09. The number of amides is 2. The highest BCUT2D eigenvalue weighted by Gasteiger charge is 2.05. The van der Waals surface area contributed by atoms with Crippen molar-refractivity contribution in [3.8, 4) is 0 Å². The minimum atomic E-state index is -1.08. The molecule has 4 N–H and O–H groups in total. The normalized spacial score (nSPS) is 10.8. The van der Waals surface area contributed by atoms with Crippen LogP contribution in [0.4, 0.5) is 9.18 Å². The Bertz CT molecular complexity index is 291. The summed E-state index contributed by atoms with van der Waals surface area (Å²) < 4.78 is 12.9. The van der Waals surface area contributed by atoms with Crippen molar-refractivity contribution >= 4 is 23.8 Å². The second-order valence-corrected chi connectivity index (χ2v) is 3.18. The van der Waals surface area contributed by atoms with Crippen LogP contribution in [0.1, 0.15) is 0 Å². The third-order valence-corrected chi connectivity index (χ3v) is 1.91. The lowest BCUT2D eigenvalue weighted by Crippen LogP contribution is -2.24. The number of carbonyl (C=O) groups excluding carboxylic acids is 1. The molecule has 0 aromatic rings. The first-order chi connectivity index (χ1) is 6.43. The quantitative estimate of drug-likeness (QED) is 0.597. The molecule has 2 amide bonds. The zero-order valence-corrected chi connectivity index (χ0v) is 7.94. The summed E-state index contributed by atoms with van der Waals surface area (Å²) in [4.78, 5) is 20.2. The van der Waals surface area contributed by atoms with Crippen molar-refractivity contribution in [2.75, 3.05) is 5.75 Å². The maximum atomic E-state index is 12.9. The van der Waals surface area contributed by atoms with Crippen LogP contribution in [0.15, 0.2) is 23.5 Å². The van der Waals surface area contributed by atoms with Gasteiger partial charge in [0.15, 0.2) is 5.83 Å². The molecule has 0 aliphatic rings. The molecule has 0 fully saturated rings. The Labute approximate surface area is 83.8 Å². The van der Waals surface area contributed by atoms with E-state index < -0.39 is 17.8 Å². The molecule has 0 atom stereocenters. The molecular formula is C7H9FN2O3S. The van der Waals surface area contributed by atoms with Crippen molar-refractivity contribution in [1.29, 1.82) is 0 Å². The molecule has 0 aliphatic heterocycles. The number of hydrogen-bond acceptors (Lipinski definition) is 3. The van der Waals surface area contributed by atoms with Gasteiger partial charge in [-0.2, -0.15) is 0 Å². The Balaban J connectivity index is 4.04. The summed E-state index contributed by atoms with van der Waals surface area (Å²) in [5, 5.41) is 10.2. The van der Waals surface area contributed by atoms with Gasteiger partial charge in [0.2, 0.25) is 0 Å². The highest BCUT2D eigenvalue weighted by molar-refractivity contribution is 8.03. The predicted molar refractivity (Wildman–Crippen MR) is 51.1 cm³/mol. The number of hydrogen-bond donors (Lipinski definition) is 3.